The average molecular weight is 1000 g/mol. The van der Waals surface area contributed by atoms with Gasteiger partial charge < -0.3 is 44.3 Å². The van der Waals surface area contributed by atoms with Crippen LogP contribution in [-0.2, 0) is 45.7 Å². The van der Waals surface area contributed by atoms with Crippen molar-refractivity contribution in [3.05, 3.63) is 103 Å². The van der Waals surface area contributed by atoms with Gasteiger partial charge in [0.05, 0.1) is 50.9 Å². The number of carbonyl (C=O) groups is 2. The van der Waals surface area contributed by atoms with E-state index in [4.69, 9.17) is 36.5 Å². The Hall–Kier alpha value is -6.90. The number of nitrogens with zero attached hydrogens (tertiary/aromatic N) is 8. The Kier molecular flexibility index (Phi) is 12.7. The number of ether oxygens (including phenoxy) is 3. The number of anilines is 2. The van der Waals surface area contributed by atoms with Gasteiger partial charge in [0.2, 0.25) is 0 Å². The molecule has 2 aromatic carbocycles. The Labute approximate surface area is 409 Å². The fourth-order valence-corrected chi connectivity index (χ4v) is 10.0. The van der Waals surface area contributed by atoms with E-state index in [1.807, 2.05) is 43.8 Å². The Morgan fingerprint density at radius 3 is 2.49 bits per heavy atom. The Bertz CT molecular complexity index is 3290. The molecular formula is C50H50ClF4N9O7. The molecular weight excluding hydrogens is 950 g/mol. The van der Waals surface area contributed by atoms with Gasteiger partial charge >= 0.3 is 18.2 Å². The van der Waals surface area contributed by atoms with E-state index in [0.29, 0.717) is 35.6 Å². The van der Waals surface area contributed by atoms with Crippen molar-refractivity contribution in [2.45, 2.75) is 71.5 Å². The standard InChI is InChI=1S/C50H50ClF4N9O7/c1-8-28-29-17-27(10-11-35(29)57-41-31(28)21-64-36(41)19-33-32(46(64)66)23-71-47(67)49(33,68)9-2)70-22-25(4)45(65)62-12-13-63(26(5)20-62)44-30-18-34(51)38(43-39(50(53,54)55)24(3)16-37(56)58-43)40(52)42(30)59-48(60-44)69-15-14-61(6)7/h10-11,16-19,26,68H,4,8-9,12-15,20-23H2,1-3,5-7H3,(H2,56,58)/t26-,49-/m0/s1. The van der Waals surface area contributed by atoms with Crippen LogP contribution in [0, 0.1) is 12.7 Å². The normalized spacial score (nSPS) is 17.6. The summed E-state index contributed by atoms with van der Waals surface area (Å²) in [5.74, 6) is -1.93. The van der Waals surface area contributed by atoms with Crippen molar-refractivity contribution in [3.63, 3.8) is 0 Å². The van der Waals surface area contributed by atoms with Gasteiger partial charge in [-0.05, 0) is 88.3 Å². The van der Waals surface area contributed by atoms with Crippen LogP contribution in [0.4, 0.5) is 29.2 Å². The third-order valence-corrected chi connectivity index (χ3v) is 13.7. The number of halogens is 5. The first kappa shape index (κ1) is 49.1. The molecule has 0 aliphatic carbocycles. The van der Waals surface area contributed by atoms with Crippen LogP contribution in [-0.4, -0.2) is 111 Å². The largest absolute Gasteiger partial charge is 0.489 e. The summed E-state index contributed by atoms with van der Waals surface area (Å²) in [5, 5.41) is 11.8. The van der Waals surface area contributed by atoms with Crippen LogP contribution < -0.4 is 25.7 Å². The van der Waals surface area contributed by atoms with Crippen LogP contribution in [0.15, 0.2) is 53.3 Å². The van der Waals surface area contributed by atoms with Crippen LogP contribution in [0.25, 0.3) is 44.5 Å². The molecule has 1 fully saturated rings. The number of benzene rings is 2. The number of rotatable bonds is 12. The van der Waals surface area contributed by atoms with Crippen LogP contribution in [0.1, 0.15) is 60.6 Å². The van der Waals surface area contributed by atoms with Gasteiger partial charge in [-0.3, -0.25) is 9.59 Å². The molecule has 3 aliphatic heterocycles. The molecule has 1 saturated heterocycles. The second-order valence-electron chi connectivity index (χ2n) is 18.2. The van der Waals surface area contributed by atoms with E-state index in [1.165, 1.54) is 13.0 Å². The second-order valence-corrected chi connectivity index (χ2v) is 18.7. The SMILES string of the molecule is C=C(COc1ccc2nc3c(c(CC)c2c1)Cn1c-3cc2c(c1=O)COC(=O)[C@]2(O)CC)C(=O)N1CCN(c2nc(OCCN(C)C)nc3c(F)c(-c4nc(N)cc(C)c4C(F)(F)F)c(Cl)cc23)[C@@H](C)C1. The number of pyridine rings is 3. The van der Waals surface area contributed by atoms with E-state index in [-0.39, 0.29) is 120 Å². The number of aromatic nitrogens is 5. The maximum absolute atomic E-state index is 16.9. The lowest BCUT2D eigenvalue weighted by Gasteiger charge is -2.41. The number of hydrogen-bond acceptors (Lipinski definition) is 14. The zero-order chi connectivity index (χ0) is 51.0. The molecule has 3 aliphatic rings. The van der Waals surface area contributed by atoms with Crippen LogP contribution in [0.5, 0.6) is 11.8 Å². The molecule has 71 heavy (non-hydrogen) atoms. The zero-order valence-electron chi connectivity index (χ0n) is 39.8. The number of amides is 1. The van der Waals surface area contributed by atoms with E-state index in [0.717, 1.165) is 22.6 Å². The van der Waals surface area contributed by atoms with Crippen molar-refractivity contribution in [2.24, 2.45) is 0 Å². The minimum absolute atomic E-state index is 0.0302. The van der Waals surface area contributed by atoms with Crippen molar-refractivity contribution < 1.29 is 46.5 Å². The molecule has 21 heteroatoms. The number of esters is 1. The average Bonchev–Trinajstić information content (AvgIpc) is 3.68. The summed E-state index contributed by atoms with van der Waals surface area (Å²) in [4.78, 5) is 63.5. The molecule has 2 atom stereocenters. The molecule has 9 rings (SSSR count). The zero-order valence-corrected chi connectivity index (χ0v) is 40.5. The highest BCUT2D eigenvalue weighted by atomic mass is 35.5. The highest BCUT2D eigenvalue weighted by Crippen LogP contribution is 2.46. The molecule has 0 unspecified atom stereocenters. The van der Waals surface area contributed by atoms with Crippen molar-refractivity contribution in [1.29, 1.82) is 0 Å². The summed E-state index contributed by atoms with van der Waals surface area (Å²) < 4.78 is 79.0. The lowest BCUT2D eigenvalue weighted by atomic mass is 9.86. The molecule has 0 saturated carbocycles. The van der Waals surface area contributed by atoms with Crippen molar-refractivity contribution in [1.82, 2.24) is 34.3 Å². The van der Waals surface area contributed by atoms with Crippen LogP contribution in [0.2, 0.25) is 5.02 Å². The number of nitrogens with two attached hydrogens (primary N) is 1. The fourth-order valence-electron chi connectivity index (χ4n) is 9.76. The number of carbonyl (C=O) groups excluding carboxylic acids is 2. The Morgan fingerprint density at radius 2 is 1.80 bits per heavy atom. The lowest BCUT2D eigenvalue weighted by molar-refractivity contribution is -0.172. The number of hydrogen-bond donors (Lipinski definition) is 2. The summed E-state index contributed by atoms with van der Waals surface area (Å²) in [6.07, 6.45) is -4.30. The third kappa shape index (κ3) is 8.54. The van der Waals surface area contributed by atoms with Crippen LogP contribution >= 0.6 is 11.6 Å². The molecule has 7 heterocycles. The van der Waals surface area contributed by atoms with Gasteiger partial charge in [0, 0.05) is 59.7 Å². The number of nitrogen functional groups attached to an aromatic ring is 1. The van der Waals surface area contributed by atoms with Crippen molar-refractivity contribution >= 4 is 56.9 Å². The fraction of sp³-hybridized carbons (Fsp3) is 0.380. The molecule has 1 amide bonds. The van der Waals surface area contributed by atoms with Gasteiger partial charge in [0.15, 0.2) is 11.4 Å². The number of cyclic esters (lactones) is 1. The van der Waals surface area contributed by atoms with Gasteiger partial charge in [-0.25, -0.2) is 19.2 Å². The van der Waals surface area contributed by atoms with E-state index in [1.54, 1.807) is 34.6 Å². The van der Waals surface area contributed by atoms with Crippen molar-refractivity contribution in [2.75, 3.05) is 64.1 Å². The third-order valence-electron chi connectivity index (χ3n) is 13.4. The minimum atomic E-state index is -4.92. The highest BCUT2D eigenvalue weighted by Gasteiger charge is 2.46. The monoisotopic (exact) mass is 999 g/mol. The lowest BCUT2D eigenvalue weighted by Crippen LogP contribution is -2.54. The van der Waals surface area contributed by atoms with Gasteiger partial charge in [-0.2, -0.15) is 23.1 Å². The van der Waals surface area contributed by atoms with Gasteiger partial charge in [0.1, 0.15) is 42.7 Å². The first-order chi connectivity index (χ1) is 33.6. The number of aliphatic hydroxyl groups is 1. The summed E-state index contributed by atoms with van der Waals surface area (Å²) in [6, 6.07) is 8.73. The predicted octanol–water partition coefficient (Wildman–Crippen LogP) is 6.96. The summed E-state index contributed by atoms with van der Waals surface area (Å²) in [5.41, 5.74) is 4.52. The molecule has 3 N–H and O–H groups in total. The maximum atomic E-state index is 16.9. The molecule has 0 spiro atoms. The molecule has 4 aromatic heterocycles. The first-order valence-electron chi connectivity index (χ1n) is 23.0. The Morgan fingerprint density at radius 1 is 1.04 bits per heavy atom. The molecule has 6 aromatic rings. The molecule has 0 bridgehead atoms. The molecule has 16 nitrogen and oxygen atoms in total. The summed E-state index contributed by atoms with van der Waals surface area (Å²) >= 11 is 6.67. The first-order valence-corrected chi connectivity index (χ1v) is 23.3. The minimum Gasteiger partial charge on any atom is -0.489 e. The van der Waals surface area contributed by atoms with Gasteiger partial charge in [-0.1, -0.05) is 32.0 Å². The second kappa shape index (κ2) is 18.4. The highest BCUT2D eigenvalue weighted by molar-refractivity contribution is 6.34. The Balaban J connectivity index is 0.945. The van der Waals surface area contributed by atoms with Crippen molar-refractivity contribution in [3.8, 4) is 34.4 Å². The number of alkyl halides is 3. The summed E-state index contributed by atoms with van der Waals surface area (Å²) in [7, 11) is 3.66. The quantitative estimate of drug-likeness (QED) is 0.0726. The number of likely N-dealkylation sites (N-methyl/N-ethyl adjacent to an activating group) is 1. The summed E-state index contributed by atoms with van der Waals surface area (Å²) in [6.45, 7) is 11.7. The smallest absolute Gasteiger partial charge is 0.418 e. The van der Waals surface area contributed by atoms with E-state index in [2.05, 4.69) is 21.5 Å². The molecule has 372 valence electrons. The van der Waals surface area contributed by atoms with Crippen LogP contribution in [0.3, 0.4) is 0 Å². The van der Waals surface area contributed by atoms with Gasteiger partial charge in [-0.15, -0.1) is 0 Å². The topological polar surface area (TPSA) is 191 Å². The number of aryl methyl sites for hydroxylation is 2. The van der Waals surface area contributed by atoms with E-state index < -0.39 is 46.4 Å². The molecule has 0 radical (unpaired) electrons. The maximum Gasteiger partial charge on any atom is 0.418 e. The number of piperazine rings is 1. The van der Waals surface area contributed by atoms with E-state index >= 15 is 4.39 Å². The predicted molar refractivity (Wildman–Crippen MR) is 258 cm³/mol. The number of fused-ring (bicyclic) bond motifs is 6. The van der Waals surface area contributed by atoms with Gasteiger partial charge in [0.25, 0.3) is 11.5 Å². The van der Waals surface area contributed by atoms with E-state index in [9.17, 15) is 32.7 Å².